The molecule has 0 aliphatic rings. The zero-order chi connectivity index (χ0) is 15.9. The minimum Gasteiger partial charge on any atom is -0.367 e. The van der Waals surface area contributed by atoms with Gasteiger partial charge in [-0.2, -0.15) is 0 Å². The number of amides is 1. The maximum Gasteiger partial charge on any atom is 0.244 e. The van der Waals surface area contributed by atoms with Gasteiger partial charge in [0.05, 0.1) is 20.7 Å². The highest BCUT2D eigenvalue weighted by Gasteiger charge is 2.02. The molecule has 0 aliphatic carbocycles. The molecule has 0 fully saturated rings. The Labute approximate surface area is 142 Å². The van der Waals surface area contributed by atoms with E-state index in [-0.39, 0.29) is 5.91 Å². The van der Waals surface area contributed by atoms with Gasteiger partial charge in [0.2, 0.25) is 5.91 Å². The van der Waals surface area contributed by atoms with Crippen LogP contribution in [-0.2, 0) is 4.79 Å². The molecule has 0 radical (unpaired) electrons. The van der Waals surface area contributed by atoms with Gasteiger partial charge in [-0.3, -0.25) is 4.79 Å². The first-order valence-corrected chi connectivity index (χ1v) is 8.11. The van der Waals surface area contributed by atoms with E-state index in [1.807, 2.05) is 12.3 Å². The van der Waals surface area contributed by atoms with Crippen molar-refractivity contribution in [1.29, 1.82) is 0 Å². The van der Waals surface area contributed by atoms with Crippen LogP contribution in [-0.4, -0.2) is 29.0 Å². The number of carbonyl (C=O) groups excluding carboxylic acids is 1. The minimum absolute atomic E-state index is 0.178. The van der Waals surface area contributed by atoms with Gasteiger partial charge in [0.25, 0.3) is 0 Å². The monoisotopic (exact) mass is 356 g/mol. The summed E-state index contributed by atoms with van der Waals surface area (Å²) in [5, 5.41) is 9.56. The van der Waals surface area contributed by atoms with Crippen molar-refractivity contribution in [2.45, 2.75) is 6.92 Å². The summed E-state index contributed by atoms with van der Waals surface area (Å²) in [5.74, 6) is 0.358. The molecule has 0 saturated heterocycles. The molecule has 0 spiro atoms. The number of hydrogen-bond donors (Lipinski definition) is 2. The van der Waals surface area contributed by atoms with Gasteiger partial charge in [0.1, 0.15) is 5.82 Å². The Morgan fingerprint density at radius 1 is 1.41 bits per heavy atom. The molecule has 2 rings (SSSR count). The molecular formula is C14H14Cl2N4OS. The Kier molecular flexibility index (Phi) is 6.18. The number of rotatable bonds is 6. The highest BCUT2D eigenvalue weighted by atomic mass is 35.5. The number of aryl methyl sites for hydroxylation is 1. The maximum absolute atomic E-state index is 11.6. The number of aromatic nitrogens is 2. The lowest BCUT2D eigenvalue weighted by molar-refractivity contribution is -0.116. The van der Waals surface area contributed by atoms with Gasteiger partial charge in [0.15, 0.2) is 0 Å². The number of halogens is 2. The summed E-state index contributed by atoms with van der Waals surface area (Å²) >= 11 is 13.3. The highest BCUT2D eigenvalue weighted by Crippen LogP contribution is 2.21. The van der Waals surface area contributed by atoms with Gasteiger partial charge < -0.3 is 10.6 Å². The van der Waals surface area contributed by atoms with Crippen LogP contribution >= 0.6 is 34.5 Å². The van der Waals surface area contributed by atoms with Crippen molar-refractivity contribution in [2.24, 2.45) is 0 Å². The molecule has 0 aliphatic heterocycles. The van der Waals surface area contributed by atoms with Gasteiger partial charge in [-0.1, -0.05) is 23.2 Å². The third-order valence-electron chi connectivity index (χ3n) is 2.57. The summed E-state index contributed by atoms with van der Waals surface area (Å²) in [4.78, 5) is 19.9. The molecule has 2 heterocycles. The second-order valence-corrected chi connectivity index (χ2v) is 6.23. The number of carbonyl (C=O) groups is 1. The summed E-state index contributed by atoms with van der Waals surface area (Å²) in [6, 6.07) is 1.61. The average Bonchev–Trinajstić information content (AvgIpc) is 2.89. The quantitative estimate of drug-likeness (QED) is 0.614. The fourth-order valence-corrected chi connectivity index (χ4v) is 2.62. The summed E-state index contributed by atoms with van der Waals surface area (Å²) in [7, 11) is 0. The fraction of sp³-hybridized carbons (Fsp3) is 0.214. The van der Waals surface area contributed by atoms with Crippen LogP contribution < -0.4 is 10.6 Å². The number of hydrogen-bond acceptors (Lipinski definition) is 5. The third-order valence-corrected chi connectivity index (χ3v) is 3.85. The summed E-state index contributed by atoms with van der Waals surface area (Å²) < 4.78 is 0. The average molecular weight is 357 g/mol. The predicted octanol–water partition coefficient (Wildman–Crippen LogP) is 3.39. The Hall–Kier alpha value is -1.63. The van der Waals surface area contributed by atoms with Gasteiger partial charge in [-0.25, -0.2) is 9.97 Å². The molecule has 8 heteroatoms. The lowest BCUT2D eigenvalue weighted by Crippen LogP contribution is -2.27. The van der Waals surface area contributed by atoms with Crippen LogP contribution in [0.5, 0.6) is 0 Å². The molecular weight excluding hydrogens is 343 g/mol. The Balaban J connectivity index is 1.72. The number of nitrogens with one attached hydrogen (secondary N) is 2. The summed E-state index contributed by atoms with van der Waals surface area (Å²) in [6.07, 6.45) is 4.65. The van der Waals surface area contributed by atoms with E-state index in [4.69, 9.17) is 23.2 Å². The molecule has 2 aromatic rings. The first-order valence-electron chi connectivity index (χ1n) is 6.47. The zero-order valence-electron chi connectivity index (χ0n) is 11.8. The molecule has 0 bridgehead atoms. The van der Waals surface area contributed by atoms with E-state index in [1.54, 1.807) is 23.5 Å². The summed E-state index contributed by atoms with van der Waals surface area (Å²) in [6.45, 7) is 2.87. The van der Waals surface area contributed by atoms with Gasteiger partial charge in [0, 0.05) is 30.7 Å². The molecule has 2 aromatic heterocycles. The van der Waals surface area contributed by atoms with Gasteiger partial charge >= 0.3 is 0 Å². The van der Waals surface area contributed by atoms with Crippen molar-refractivity contribution >= 4 is 52.3 Å². The topological polar surface area (TPSA) is 66.9 Å². The lowest BCUT2D eigenvalue weighted by Gasteiger charge is -2.07. The molecule has 1 amide bonds. The van der Waals surface area contributed by atoms with Crippen LogP contribution in [0.25, 0.3) is 6.08 Å². The zero-order valence-corrected chi connectivity index (χ0v) is 14.1. The van der Waals surface area contributed by atoms with E-state index in [2.05, 4.69) is 20.6 Å². The predicted molar refractivity (Wildman–Crippen MR) is 91.6 cm³/mol. The van der Waals surface area contributed by atoms with Crippen LogP contribution in [0.4, 0.5) is 5.82 Å². The second kappa shape index (κ2) is 8.12. The van der Waals surface area contributed by atoms with E-state index < -0.39 is 0 Å². The Morgan fingerprint density at radius 3 is 2.91 bits per heavy atom. The van der Waals surface area contributed by atoms with Crippen molar-refractivity contribution in [2.75, 3.05) is 18.4 Å². The standard InChI is InChI=1S/C14H14Cl2N4OS/c1-9-20-11(8-22-9)2-3-13(21)17-4-5-18-14-12(16)6-10(15)7-19-14/h2-3,6-8H,4-5H2,1H3,(H,17,21)(H,18,19)/b3-2+. The van der Waals surface area contributed by atoms with Crippen LogP contribution in [0.2, 0.25) is 10.0 Å². The molecule has 22 heavy (non-hydrogen) atoms. The van der Waals surface area contributed by atoms with Crippen LogP contribution in [0.3, 0.4) is 0 Å². The van der Waals surface area contributed by atoms with Crippen LogP contribution in [0, 0.1) is 6.92 Å². The van der Waals surface area contributed by atoms with E-state index in [9.17, 15) is 4.79 Å². The van der Waals surface area contributed by atoms with Crippen molar-refractivity contribution in [3.05, 3.63) is 44.5 Å². The largest absolute Gasteiger partial charge is 0.367 e. The van der Waals surface area contributed by atoms with E-state index in [0.29, 0.717) is 29.0 Å². The normalized spacial score (nSPS) is 10.9. The minimum atomic E-state index is -0.178. The number of thiazole rings is 1. The van der Waals surface area contributed by atoms with Gasteiger partial charge in [-0.05, 0) is 19.1 Å². The maximum atomic E-state index is 11.6. The van der Waals surface area contributed by atoms with Crippen LogP contribution in [0.1, 0.15) is 10.7 Å². The Morgan fingerprint density at radius 2 is 2.23 bits per heavy atom. The van der Waals surface area contributed by atoms with Crippen LogP contribution in [0.15, 0.2) is 23.7 Å². The molecule has 0 atom stereocenters. The Bertz CT molecular complexity index is 687. The molecule has 2 N–H and O–H groups in total. The van der Waals surface area contributed by atoms with E-state index >= 15 is 0 Å². The molecule has 5 nitrogen and oxygen atoms in total. The van der Waals surface area contributed by atoms with Crippen molar-refractivity contribution < 1.29 is 4.79 Å². The smallest absolute Gasteiger partial charge is 0.244 e. The number of nitrogens with zero attached hydrogens (tertiary/aromatic N) is 2. The molecule has 0 saturated carbocycles. The summed E-state index contributed by atoms with van der Waals surface area (Å²) in [5.41, 5.74) is 0.785. The van der Waals surface area contributed by atoms with Gasteiger partial charge in [-0.15, -0.1) is 11.3 Å². The first kappa shape index (κ1) is 16.7. The highest BCUT2D eigenvalue weighted by molar-refractivity contribution is 7.09. The van der Waals surface area contributed by atoms with Crippen molar-refractivity contribution in [3.63, 3.8) is 0 Å². The van der Waals surface area contributed by atoms with Crippen molar-refractivity contribution in [1.82, 2.24) is 15.3 Å². The third kappa shape index (κ3) is 5.29. The first-order chi connectivity index (χ1) is 10.5. The fourth-order valence-electron chi connectivity index (χ4n) is 1.59. The molecule has 116 valence electrons. The van der Waals surface area contributed by atoms with E-state index in [0.717, 1.165) is 10.7 Å². The number of pyridine rings is 1. The van der Waals surface area contributed by atoms with E-state index in [1.165, 1.54) is 12.3 Å². The SMILES string of the molecule is Cc1nc(/C=C/C(=O)NCCNc2ncc(Cl)cc2Cl)cs1. The molecule has 0 aromatic carbocycles. The molecule has 0 unspecified atom stereocenters. The lowest BCUT2D eigenvalue weighted by atomic mass is 10.4. The number of anilines is 1. The second-order valence-electron chi connectivity index (χ2n) is 4.33. The van der Waals surface area contributed by atoms with Crippen molar-refractivity contribution in [3.8, 4) is 0 Å².